The molecule has 0 spiro atoms. The smallest absolute Gasteiger partial charge is 0.139 e. The van der Waals surface area contributed by atoms with Crippen LogP contribution in [0.3, 0.4) is 0 Å². The van der Waals surface area contributed by atoms with Gasteiger partial charge in [-0.1, -0.05) is 37.3 Å². The minimum absolute atomic E-state index is 0.170. The molecule has 31 heavy (non-hydrogen) atoms. The molecule has 0 fully saturated rings. The van der Waals surface area contributed by atoms with Gasteiger partial charge in [0, 0.05) is 42.9 Å². The fourth-order valence-corrected chi connectivity index (χ4v) is 3.89. The van der Waals surface area contributed by atoms with Gasteiger partial charge in [-0.25, -0.2) is 4.68 Å². The Morgan fingerprint density at radius 3 is 2.71 bits per heavy atom. The number of aromatic nitrogens is 4. The van der Waals surface area contributed by atoms with E-state index in [-0.39, 0.29) is 11.7 Å². The van der Waals surface area contributed by atoms with Crippen LogP contribution in [0.25, 0.3) is 16.6 Å². The van der Waals surface area contributed by atoms with Crippen LogP contribution in [0.2, 0.25) is 0 Å². The number of Topliss-reactive ketones (excluding diaryl/α,β-unsaturated/α-hetero) is 1. The second kappa shape index (κ2) is 9.18. The zero-order chi connectivity index (χ0) is 21.8. The summed E-state index contributed by atoms with van der Waals surface area (Å²) in [6.07, 6.45) is 4.36. The van der Waals surface area contributed by atoms with Crippen LogP contribution in [-0.2, 0) is 22.6 Å². The summed E-state index contributed by atoms with van der Waals surface area (Å²) >= 11 is 0. The van der Waals surface area contributed by atoms with Crippen LogP contribution in [0.4, 0.5) is 0 Å². The topological polar surface area (TPSA) is 69.9 Å². The Morgan fingerprint density at radius 1 is 1.16 bits per heavy atom. The Labute approximate surface area is 181 Å². The third-order valence-corrected chi connectivity index (χ3v) is 5.36. The van der Waals surface area contributed by atoms with Gasteiger partial charge in [-0.15, -0.1) is 0 Å². The van der Waals surface area contributed by atoms with Crippen LogP contribution >= 0.6 is 0 Å². The summed E-state index contributed by atoms with van der Waals surface area (Å²) in [5, 5.41) is 5.51. The predicted octanol–water partition coefficient (Wildman–Crippen LogP) is 4.58. The van der Waals surface area contributed by atoms with Gasteiger partial charge in [0.05, 0.1) is 29.7 Å². The van der Waals surface area contributed by atoms with E-state index in [1.807, 2.05) is 54.2 Å². The number of fused-ring (bicyclic) bond motifs is 1. The molecule has 0 amide bonds. The molecule has 6 heteroatoms. The number of nitrogens with zero attached hydrogens (tertiary/aromatic N) is 4. The summed E-state index contributed by atoms with van der Waals surface area (Å²) in [5.41, 5.74) is 5.41. The largest absolute Gasteiger partial charge is 0.378 e. The van der Waals surface area contributed by atoms with Crippen LogP contribution in [0.5, 0.6) is 0 Å². The highest BCUT2D eigenvalue weighted by Gasteiger charge is 2.17. The van der Waals surface area contributed by atoms with Gasteiger partial charge < -0.3 is 4.74 Å². The molecule has 0 aliphatic carbocycles. The first-order valence-corrected chi connectivity index (χ1v) is 10.4. The lowest BCUT2D eigenvalue weighted by Gasteiger charge is -2.12. The molecule has 3 heterocycles. The summed E-state index contributed by atoms with van der Waals surface area (Å²) < 4.78 is 7.26. The van der Waals surface area contributed by atoms with Gasteiger partial charge in [0.1, 0.15) is 5.78 Å². The van der Waals surface area contributed by atoms with Crippen molar-refractivity contribution in [3.8, 4) is 5.69 Å². The third-order valence-electron chi connectivity index (χ3n) is 5.36. The van der Waals surface area contributed by atoms with E-state index >= 15 is 0 Å². The van der Waals surface area contributed by atoms with Crippen molar-refractivity contribution in [3.05, 3.63) is 83.6 Å². The predicted molar refractivity (Wildman–Crippen MR) is 120 cm³/mol. The molecule has 0 saturated heterocycles. The van der Waals surface area contributed by atoms with E-state index in [0.29, 0.717) is 19.4 Å². The average Bonchev–Trinajstić information content (AvgIpc) is 3.19. The Morgan fingerprint density at radius 2 is 1.97 bits per heavy atom. The number of ether oxygens (including phenoxy) is 1. The van der Waals surface area contributed by atoms with Crippen molar-refractivity contribution in [1.82, 2.24) is 19.7 Å². The molecular formula is C25H26N4O2. The van der Waals surface area contributed by atoms with Gasteiger partial charge in [-0.3, -0.25) is 14.8 Å². The van der Waals surface area contributed by atoms with Crippen molar-refractivity contribution < 1.29 is 9.53 Å². The molecule has 4 aromatic rings. The SMILES string of the molecule is COCc1nc(CC(=O)C[C@H](C)c2ccccc2)cc2cnn(-c3ccnc(C)c3)c12. The Balaban J connectivity index is 1.61. The standard InChI is InChI=1S/C25H26N4O2/c1-17(19-7-5-4-6-8-19)11-23(30)14-21-13-20-15-27-29(22-9-10-26-18(2)12-22)25(20)24(28-21)16-31-3/h4-10,12-13,15,17H,11,14,16H2,1-3H3/t17-/m0/s1. The van der Waals surface area contributed by atoms with Crippen molar-refractivity contribution in [2.45, 2.75) is 39.2 Å². The van der Waals surface area contributed by atoms with Crippen LogP contribution in [0.15, 0.2) is 60.9 Å². The van der Waals surface area contributed by atoms with Gasteiger partial charge in [-0.2, -0.15) is 5.10 Å². The van der Waals surface area contributed by atoms with E-state index in [9.17, 15) is 4.79 Å². The van der Waals surface area contributed by atoms with Crippen molar-refractivity contribution in [2.75, 3.05) is 7.11 Å². The van der Waals surface area contributed by atoms with E-state index in [1.54, 1.807) is 13.3 Å². The molecule has 158 valence electrons. The van der Waals surface area contributed by atoms with Crippen molar-refractivity contribution in [3.63, 3.8) is 0 Å². The van der Waals surface area contributed by atoms with Crippen LogP contribution < -0.4 is 0 Å². The van der Waals surface area contributed by atoms with Gasteiger partial charge in [-0.05, 0) is 36.6 Å². The number of rotatable bonds is 8. The highest BCUT2D eigenvalue weighted by atomic mass is 16.5. The van der Waals surface area contributed by atoms with E-state index in [2.05, 4.69) is 29.1 Å². The van der Waals surface area contributed by atoms with Gasteiger partial charge in [0.25, 0.3) is 0 Å². The molecule has 0 radical (unpaired) electrons. The molecule has 0 saturated carbocycles. The molecule has 4 rings (SSSR count). The molecule has 0 N–H and O–H groups in total. The van der Waals surface area contributed by atoms with Gasteiger partial charge in [0.2, 0.25) is 0 Å². The van der Waals surface area contributed by atoms with E-state index in [4.69, 9.17) is 9.72 Å². The zero-order valence-corrected chi connectivity index (χ0v) is 18.1. The monoisotopic (exact) mass is 414 g/mol. The van der Waals surface area contributed by atoms with Crippen LogP contribution in [0.1, 0.15) is 41.9 Å². The zero-order valence-electron chi connectivity index (χ0n) is 18.1. The van der Waals surface area contributed by atoms with Crippen molar-refractivity contribution in [2.24, 2.45) is 0 Å². The first-order valence-electron chi connectivity index (χ1n) is 10.4. The minimum Gasteiger partial charge on any atom is -0.378 e. The Kier molecular flexibility index (Phi) is 6.18. The number of hydrogen-bond acceptors (Lipinski definition) is 5. The van der Waals surface area contributed by atoms with Crippen LogP contribution in [0, 0.1) is 6.92 Å². The second-order valence-electron chi connectivity index (χ2n) is 7.87. The number of carbonyl (C=O) groups is 1. The average molecular weight is 415 g/mol. The lowest BCUT2D eigenvalue weighted by molar-refractivity contribution is -0.118. The maximum atomic E-state index is 12.8. The van der Waals surface area contributed by atoms with Gasteiger partial charge >= 0.3 is 0 Å². The summed E-state index contributed by atoms with van der Waals surface area (Å²) in [6, 6.07) is 16.0. The number of benzene rings is 1. The molecule has 0 bridgehead atoms. The Bertz CT molecular complexity index is 1200. The highest BCUT2D eigenvalue weighted by molar-refractivity contribution is 5.85. The van der Waals surface area contributed by atoms with Crippen molar-refractivity contribution >= 4 is 16.7 Å². The van der Waals surface area contributed by atoms with Gasteiger partial charge in [0.15, 0.2) is 0 Å². The normalized spacial score (nSPS) is 12.2. The quantitative estimate of drug-likeness (QED) is 0.422. The molecule has 0 aliphatic heterocycles. The first kappa shape index (κ1) is 20.9. The van der Waals surface area contributed by atoms with Crippen molar-refractivity contribution in [1.29, 1.82) is 0 Å². The summed E-state index contributed by atoms with van der Waals surface area (Å²) in [5.74, 6) is 0.345. The fourth-order valence-electron chi connectivity index (χ4n) is 3.89. The third kappa shape index (κ3) is 4.70. The number of methoxy groups -OCH3 is 1. The fraction of sp³-hybridized carbons (Fsp3) is 0.280. The van der Waals surface area contributed by atoms with E-state index in [1.165, 1.54) is 5.56 Å². The van der Waals surface area contributed by atoms with E-state index in [0.717, 1.165) is 33.7 Å². The summed E-state index contributed by atoms with van der Waals surface area (Å²) in [7, 11) is 1.64. The number of hydrogen-bond donors (Lipinski definition) is 0. The number of aryl methyl sites for hydroxylation is 1. The molecule has 0 unspecified atom stereocenters. The molecule has 0 aliphatic rings. The first-order chi connectivity index (χ1) is 15.0. The lowest BCUT2D eigenvalue weighted by Crippen LogP contribution is -2.10. The number of carbonyl (C=O) groups excluding carboxylic acids is 1. The minimum atomic E-state index is 0.170. The molecule has 1 aromatic carbocycles. The maximum absolute atomic E-state index is 12.8. The molecule has 1 atom stereocenters. The maximum Gasteiger partial charge on any atom is 0.139 e. The van der Waals surface area contributed by atoms with E-state index < -0.39 is 0 Å². The molecular weight excluding hydrogens is 388 g/mol. The molecule has 6 nitrogen and oxygen atoms in total. The molecule has 3 aromatic heterocycles. The number of ketones is 1. The summed E-state index contributed by atoms with van der Waals surface area (Å²) in [4.78, 5) is 21.8. The Hall–Kier alpha value is -3.38. The lowest BCUT2D eigenvalue weighted by atomic mass is 9.94. The number of pyridine rings is 2. The van der Waals surface area contributed by atoms with Crippen LogP contribution in [-0.4, -0.2) is 32.6 Å². The highest BCUT2D eigenvalue weighted by Crippen LogP contribution is 2.24. The second-order valence-corrected chi connectivity index (χ2v) is 7.87. The summed E-state index contributed by atoms with van der Waals surface area (Å²) in [6.45, 7) is 4.37.